The van der Waals surface area contributed by atoms with E-state index >= 15 is 0 Å². The molecule has 0 bridgehead atoms. The molecular formula is C9H15NOS. The third kappa shape index (κ3) is 2.57. The molecule has 1 rings (SSSR count). The Bertz CT molecular complexity index is 210. The summed E-state index contributed by atoms with van der Waals surface area (Å²) in [5.74, 6) is 0.369. The lowest BCUT2D eigenvalue weighted by Crippen LogP contribution is -2.19. The first-order chi connectivity index (χ1) is 5.74. The number of hydrogen-bond acceptors (Lipinski definition) is 3. The number of aromatic nitrogens is 1. The van der Waals surface area contributed by atoms with Gasteiger partial charge in [0.1, 0.15) is 0 Å². The van der Waals surface area contributed by atoms with Crippen LogP contribution in [0.3, 0.4) is 0 Å². The summed E-state index contributed by atoms with van der Waals surface area (Å²) in [6.45, 7) is 4.16. The molecule has 12 heavy (non-hydrogen) atoms. The summed E-state index contributed by atoms with van der Waals surface area (Å²) in [5.41, 5.74) is 0. The Balaban J connectivity index is 2.41. The van der Waals surface area contributed by atoms with Crippen LogP contribution < -0.4 is 0 Å². The molecular weight excluding hydrogens is 170 g/mol. The minimum atomic E-state index is -0.235. The molecule has 2 atom stereocenters. The molecule has 1 N–H and O–H groups in total. The summed E-state index contributed by atoms with van der Waals surface area (Å²) < 4.78 is 0. The fourth-order valence-corrected chi connectivity index (χ4v) is 1.67. The number of hydrogen-bond donors (Lipinski definition) is 1. The van der Waals surface area contributed by atoms with E-state index in [1.165, 1.54) is 0 Å². The zero-order chi connectivity index (χ0) is 8.97. The van der Waals surface area contributed by atoms with Gasteiger partial charge in [0.2, 0.25) is 0 Å². The second-order valence-corrected chi connectivity index (χ2v) is 4.06. The van der Waals surface area contributed by atoms with Crippen LogP contribution >= 0.6 is 11.3 Å². The molecule has 68 valence electrons. The summed E-state index contributed by atoms with van der Waals surface area (Å²) in [6.07, 6.45) is 3.27. The maximum atomic E-state index is 9.66. The predicted octanol–water partition coefficient (Wildman–Crippen LogP) is 2.09. The van der Waals surface area contributed by atoms with Gasteiger partial charge in [0.15, 0.2) is 0 Å². The summed E-state index contributed by atoms with van der Waals surface area (Å²) in [7, 11) is 0. The molecule has 0 aliphatic carbocycles. The predicted molar refractivity (Wildman–Crippen MR) is 51.3 cm³/mol. The fourth-order valence-electron chi connectivity index (χ4n) is 1.01. The summed E-state index contributed by atoms with van der Waals surface area (Å²) in [4.78, 5) is 4.13. The van der Waals surface area contributed by atoms with E-state index in [2.05, 4.69) is 18.8 Å². The van der Waals surface area contributed by atoms with Crippen LogP contribution in [0, 0.1) is 5.92 Å². The first kappa shape index (κ1) is 9.68. The summed E-state index contributed by atoms with van der Waals surface area (Å²) in [6, 6.07) is 0. The van der Waals surface area contributed by atoms with Crippen LogP contribution in [0.2, 0.25) is 0 Å². The van der Waals surface area contributed by atoms with Crippen LogP contribution in [0.15, 0.2) is 11.6 Å². The van der Waals surface area contributed by atoms with E-state index in [0.717, 1.165) is 11.4 Å². The van der Waals surface area contributed by atoms with Crippen molar-refractivity contribution >= 4 is 11.3 Å². The van der Waals surface area contributed by atoms with E-state index in [4.69, 9.17) is 0 Å². The van der Waals surface area contributed by atoms with Gasteiger partial charge in [-0.15, -0.1) is 11.3 Å². The molecule has 0 aromatic carbocycles. The van der Waals surface area contributed by atoms with Gasteiger partial charge in [-0.1, -0.05) is 20.3 Å². The zero-order valence-corrected chi connectivity index (χ0v) is 8.34. The van der Waals surface area contributed by atoms with Gasteiger partial charge in [0, 0.05) is 18.0 Å². The molecule has 3 heteroatoms. The van der Waals surface area contributed by atoms with E-state index in [-0.39, 0.29) is 6.10 Å². The molecule has 2 unspecified atom stereocenters. The lowest BCUT2D eigenvalue weighted by Gasteiger charge is -2.15. The lowest BCUT2D eigenvalue weighted by atomic mass is 10.00. The van der Waals surface area contributed by atoms with E-state index in [1.807, 2.05) is 5.38 Å². The zero-order valence-electron chi connectivity index (χ0n) is 7.53. The second-order valence-electron chi connectivity index (χ2n) is 3.08. The number of aliphatic hydroxyl groups is 1. The molecule has 0 aliphatic heterocycles. The molecule has 0 spiro atoms. The number of aliphatic hydroxyl groups excluding tert-OH is 1. The van der Waals surface area contributed by atoms with Gasteiger partial charge in [0.25, 0.3) is 0 Å². The normalized spacial score (nSPS) is 15.9. The number of thiazole rings is 1. The van der Waals surface area contributed by atoms with Crippen molar-refractivity contribution in [3.05, 3.63) is 16.6 Å². The van der Waals surface area contributed by atoms with Gasteiger partial charge in [-0.25, -0.2) is 4.98 Å². The van der Waals surface area contributed by atoms with E-state index < -0.39 is 0 Å². The molecule has 0 aliphatic rings. The standard InChI is InChI=1S/C9H15NOS/c1-3-7(2)8(11)6-9-10-4-5-12-9/h4-5,7-8,11H,3,6H2,1-2H3. The first-order valence-corrected chi connectivity index (χ1v) is 5.18. The van der Waals surface area contributed by atoms with Crippen LogP contribution in [0.1, 0.15) is 25.3 Å². The summed E-state index contributed by atoms with van der Waals surface area (Å²) >= 11 is 1.61. The molecule has 0 amide bonds. The Labute approximate surface area is 77.3 Å². The molecule has 2 nitrogen and oxygen atoms in total. The van der Waals surface area contributed by atoms with Crippen molar-refractivity contribution in [2.24, 2.45) is 5.92 Å². The van der Waals surface area contributed by atoms with Gasteiger partial charge in [-0.05, 0) is 5.92 Å². The van der Waals surface area contributed by atoms with E-state index in [1.54, 1.807) is 17.5 Å². The van der Waals surface area contributed by atoms with Crippen LogP contribution in [-0.4, -0.2) is 16.2 Å². The SMILES string of the molecule is CCC(C)C(O)Cc1nccs1. The highest BCUT2D eigenvalue weighted by atomic mass is 32.1. The monoisotopic (exact) mass is 185 g/mol. The van der Waals surface area contributed by atoms with Crippen molar-refractivity contribution in [2.75, 3.05) is 0 Å². The second kappa shape index (κ2) is 4.58. The molecule has 1 heterocycles. The molecule has 0 fully saturated rings. The molecule has 0 saturated heterocycles. The van der Waals surface area contributed by atoms with Crippen LogP contribution in [0.25, 0.3) is 0 Å². The third-order valence-electron chi connectivity index (χ3n) is 2.17. The molecule has 0 saturated carbocycles. The molecule has 1 aromatic rings. The van der Waals surface area contributed by atoms with E-state index in [0.29, 0.717) is 12.3 Å². The minimum absolute atomic E-state index is 0.235. The maximum absolute atomic E-state index is 9.66. The van der Waals surface area contributed by atoms with Crippen molar-refractivity contribution in [3.63, 3.8) is 0 Å². The Morgan fingerprint density at radius 3 is 2.92 bits per heavy atom. The molecule has 0 radical (unpaired) electrons. The highest BCUT2D eigenvalue weighted by Crippen LogP contribution is 2.14. The van der Waals surface area contributed by atoms with Gasteiger partial charge in [-0.2, -0.15) is 0 Å². The van der Waals surface area contributed by atoms with Crippen LogP contribution in [-0.2, 0) is 6.42 Å². The van der Waals surface area contributed by atoms with Crippen LogP contribution in [0.4, 0.5) is 0 Å². The van der Waals surface area contributed by atoms with Crippen LogP contribution in [0.5, 0.6) is 0 Å². The van der Waals surface area contributed by atoms with Crippen molar-refractivity contribution in [2.45, 2.75) is 32.8 Å². The maximum Gasteiger partial charge on any atom is 0.0950 e. The van der Waals surface area contributed by atoms with Gasteiger partial charge >= 0.3 is 0 Å². The Morgan fingerprint density at radius 2 is 2.42 bits per heavy atom. The lowest BCUT2D eigenvalue weighted by molar-refractivity contribution is 0.115. The average Bonchev–Trinajstić information content (AvgIpc) is 2.55. The van der Waals surface area contributed by atoms with Gasteiger partial charge in [0.05, 0.1) is 11.1 Å². The Kier molecular flexibility index (Phi) is 3.69. The Morgan fingerprint density at radius 1 is 1.67 bits per heavy atom. The number of rotatable bonds is 4. The smallest absolute Gasteiger partial charge is 0.0950 e. The summed E-state index contributed by atoms with van der Waals surface area (Å²) in [5, 5.41) is 12.6. The third-order valence-corrected chi connectivity index (χ3v) is 2.97. The van der Waals surface area contributed by atoms with Crippen molar-refractivity contribution < 1.29 is 5.11 Å². The largest absolute Gasteiger partial charge is 0.392 e. The Hall–Kier alpha value is -0.410. The first-order valence-electron chi connectivity index (χ1n) is 4.30. The average molecular weight is 185 g/mol. The van der Waals surface area contributed by atoms with Gasteiger partial charge < -0.3 is 5.11 Å². The van der Waals surface area contributed by atoms with Gasteiger partial charge in [-0.3, -0.25) is 0 Å². The molecule has 1 aromatic heterocycles. The quantitative estimate of drug-likeness (QED) is 0.779. The highest BCUT2D eigenvalue weighted by Gasteiger charge is 2.13. The van der Waals surface area contributed by atoms with E-state index in [9.17, 15) is 5.11 Å². The van der Waals surface area contributed by atoms with Crippen molar-refractivity contribution in [1.82, 2.24) is 4.98 Å². The highest BCUT2D eigenvalue weighted by molar-refractivity contribution is 7.09. The van der Waals surface area contributed by atoms with Crippen molar-refractivity contribution in [1.29, 1.82) is 0 Å². The van der Waals surface area contributed by atoms with Crippen molar-refractivity contribution in [3.8, 4) is 0 Å². The fraction of sp³-hybridized carbons (Fsp3) is 0.667. The number of nitrogens with zero attached hydrogens (tertiary/aromatic N) is 1. The minimum Gasteiger partial charge on any atom is -0.392 e. The topological polar surface area (TPSA) is 33.1 Å².